The predicted molar refractivity (Wildman–Crippen MR) is 151 cm³/mol. The minimum Gasteiger partial charge on any atom is -0.368 e. The number of hydrogen-bond donors (Lipinski definition) is 0. The van der Waals surface area contributed by atoms with Crippen molar-refractivity contribution in [1.29, 1.82) is 0 Å². The number of piperazine rings is 1. The van der Waals surface area contributed by atoms with Gasteiger partial charge in [0, 0.05) is 38.3 Å². The van der Waals surface area contributed by atoms with Crippen molar-refractivity contribution in [2.24, 2.45) is 0 Å². The highest BCUT2D eigenvalue weighted by Crippen LogP contribution is 2.37. The molecule has 0 unspecified atom stereocenters. The Balaban J connectivity index is 1.17. The van der Waals surface area contributed by atoms with Crippen LogP contribution in [0.25, 0.3) is 31.8 Å². The number of anilines is 1. The standard InChI is InChI=1S/C30H31N5S/c1-30(2,3)22-13-11-21(12-14-22)29-33-26-9-6-10-27(28(26)36-29)35-17-15-34(16-18-35)20-23-19-31-24-7-4-5-8-25(24)32-23/h4-14,19H,15-18,20H2,1-3H3. The molecule has 2 aromatic heterocycles. The summed E-state index contributed by atoms with van der Waals surface area (Å²) in [5, 5.41) is 1.09. The summed E-state index contributed by atoms with van der Waals surface area (Å²) in [6, 6.07) is 23.5. The molecule has 1 fully saturated rings. The number of thiazole rings is 1. The van der Waals surface area contributed by atoms with Crippen LogP contribution in [0.5, 0.6) is 0 Å². The topological polar surface area (TPSA) is 45.2 Å². The number of hydrogen-bond acceptors (Lipinski definition) is 6. The molecule has 1 saturated heterocycles. The van der Waals surface area contributed by atoms with Gasteiger partial charge in [-0.05, 0) is 35.2 Å². The SMILES string of the molecule is CC(C)(C)c1ccc(-c2nc3cccc(N4CCN(Cc5cnc6ccccc6n5)CC4)c3s2)cc1. The molecular weight excluding hydrogens is 462 g/mol. The predicted octanol–water partition coefficient (Wildman–Crippen LogP) is 6.53. The van der Waals surface area contributed by atoms with Crippen molar-refractivity contribution in [3.05, 3.63) is 84.2 Å². The van der Waals surface area contributed by atoms with E-state index in [0.29, 0.717) is 0 Å². The van der Waals surface area contributed by atoms with Gasteiger partial charge in [0.2, 0.25) is 0 Å². The van der Waals surface area contributed by atoms with Crippen LogP contribution in [0.15, 0.2) is 72.9 Å². The van der Waals surface area contributed by atoms with Gasteiger partial charge in [-0.15, -0.1) is 11.3 Å². The zero-order valence-corrected chi connectivity index (χ0v) is 21.9. The van der Waals surface area contributed by atoms with Gasteiger partial charge in [-0.3, -0.25) is 9.88 Å². The normalized spacial score (nSPS) is 15.1. The monoisotopic (exact) mass is 493 g/mol. The minimum absolute atomic E-state index is 0.155. The van der Waals surface area contributed by atoms with E-state index < -0.39 is 0 Å². The van der Waals surface area contributed by atoms with Gasteiger partial charge in [0.25, 0.3) is 0 Å². The quantitative estimate of drug-likeness (QED) is 0.285. The molecule has 1 aliphatic heterocycles. The Morgan fingerprint density at radius 3 is 2.25 bits per heavy atom. The molecule has 0 N–H and O–H groups in total. The summed E-state index contributed by atoms with van der Waals surface area (Å²) in [5.41, 5.74) is 8.03. The first-order valence-corrected chi connectivity index (χ1v) is 13.4. The maximum Gasteiger partial charge on any atom is 0.124 e. The van der Waals surface area contributed by atoms with Crippen LogP contribution >= 0.6 is 11.3 Å². The van der Waals surface area contributed by atoms with Gasteiger partial charge >= 0.3 is 0 Å². The maximum absolute atomic E-state index is 4.99. The van der Waals surface area contributed by atoms with E-state index in [2.05, 4.69) is 78.0 Å². The third kappa shape index (κ3) is 4.59. The summed E-state index contributed by atoms with van der Waals surface area (Å²) in [7, 11) is 0. The smallest absolute Gasteiger partial charge is 0.124 e. The summed E-state index contributed by atoms with van der Waals surface area (Å²) < 4.78 is 1.28. The minimum atomic E-state index is 0.155. The van der Waals surface area contributed by atoms with Crippen LogP contribution in [-0.4, -0.2) is 46.0 Å². The van der Waals surface area contributed by atoms with Crippen LogP contribution in [0.2, 0.25) is 0 Å². The fourth-order valence-corrected chi connectivity index (χ4v) is 5.98. The second kappa shape index (κ2) is 9.26. The molecular formula is C30H31N5S. The van der Waals surface area contributed by atoms with Gasteiger partial charge in [-0.2, -0.15) is 0 Å². The van der Waals surface area contributed by atoms with Crippen molar-refractivity contribution in [3.63, 3.8) is 0 Å². The van der Waals surface area contributed by atoms with Crippen molar-refractivity contribution in [2.45, 2.75) is 32.7 Å². The number of benzene rings is 3. The Labute approximate surface area is 216 Å². The molecule has 5 nitrogen and oxygen atoms in total. The van der Waals surface area contributed by atoms with Gasteiger partial charge < -0.3 is 4.90 Å². The summed E-state index contributed by atoms with van der Waals surface area (Å²) >= 11 is 1.80. The van der Waals surface area contributed by atoms with Crippen molar-refractivity contribution < 1.29 is 0 Å². The Morgan fingerprint density at radius 2 is 1.50 bits per heavy atom. The van der Waals surface area contributed by atoms with Crippen molar-refractivity contribution in [1.82, 2.24) is 19.9 Å². The average molecular weight is 494 g/mol. The molecule has 0 radical (unpaired) electrons. The van der Waals surface area contributed by atoms with E-state index in [0.717, 1.165) is 60.0 Å². The lowest BCUT2D eigenvalue weighted by molar-refractivity contribution is 0.247. The molecule has 3 heterocycles. The summed E-state index contributed by atoms with van der Waals surface area (Å²) in [4.78, 5) is 19.4. The van der Waals surface area contributed by atoms with Crippen LogP contribution in [0.1, 0.15) is 32.0 Å². The maximum atomic E-state index is 4.99. The number of aromatic nitrogens is 3. The second-order valence-electron chi connectivity index (χ2n) is 10.6. The fraction of sp³-hybridized carbons (Fsp3) is 0.300. The van der Waals surface area contributed by atoms with Crippen molar-refractivity contribution in [3.8, 4) is 10.6 Å². The molecule has 1 aliphatic rings. The first kappa shape index (κ1) is 23.1. The lowest BCUT2D eigenvalue weighted by Crippen LogP contribution is -2.46. The molecule has 0 amide bonds. The van der Waals surface area contributed by atoms with Crippen LogP contribution in [0.4, 0.5) is 5.69 Å². The number of fused-ring (bicyclic) bond motifs is 2. The molecule has 6 heteroatoms. The molecule has 0 atom stereocenters. The molecule has 6 rings (SSSR count). The van der Waals surface area contributed by atoms with Gasteiger partial charge in [-0.25, -0.2) is 9.97 Å². The van der Waals surface area contributed by atoms with E-state index in [1.807, 2.05) is 30.5 Å². The van der Waals surface area contributed by atoms with Gasteiger partial charge in [0.15, 0.2) is 0 Å². The number of rotatable bonds is 4. The van der Waals surface area contributed by atoms with Gasteiger partial charge in [0.1, 0.15) is 5.01 Å². The molecule has 0 bridgehead atoms. The largest absolute Gasteiger partial charge is 0.368 e. The zero-order valence-electron chi connectivity index (χ0n) is 21.1. The summed E-state index contributed by atoms with van der Waals surface area (Å²) in [5.74, 6) is 0. The molecule has 0 spiro atoms. The number of nitrogens with zero attached hydrogens (tertiary/aromatic N) is 5. The van der Waals surface area contributed by atoms with E-state index >= 15 is 0 Å². The van der Waals surface area contributed by atoms with E-state index in [1.165, 1.54) is 21.5 Å². The van der Waals surface area contributed by atoms with Crippen LogP contribution in [0.3, 0.4) is 0 Å². The Bertz CT molecular complexity index is 1510. The Morgan fingerprint density at radius 1 is 0.778 bits per heavy atom. The Hall–Kier alpha value is -3.35. The summed E-state index contributed by atoms with van der Waals surface area (Å²) in [6.07, 6.45) is 1.92. The highest BCUT2D eigenvalue weighted by Gasteiger charge is 2.21. The third-order valence-corrected chi connectivity index (χ3v) is 8.13. The average Bonchev–Trinajstić information content (AvgIpc) is 3.33. The lowest BCUT2D eigenvalue weighted by Gasteiger charge is -2.36. The highest BCUT2D eigenvalue weighted by molar-refractivity contribution is 7.22. The van der Waals surface area contributed by atoms with E-state index in [1.54, 1.807) is 11.3 Å². The van der Waals surface area contributed by atoms with Crippen LogP contribution in [0, 0.1) is 0 Å². The van der Waals surface area contributed by atoms with Crippen molar-refractivity contribution in [2.75, 3.05) is 31.1 Å². The third-order valence-electron chi connectivity index (χ3n) is 6.99. The van der Waals surface area contributed by atoms with Crippen molar-refractivity contribution >= 4 is 38.3 Å². The second-order valence-corrected chi connectivity index (χ2v) is 11.6. The van der Waals surface area contributed by atoms with Gasteiger partial charge in [0.05, 0.1) is 38.8 Å². The van der Waals surface area contributed by atoms with E-state index in [-0.39, 0.29) is 5.41 Å². The van der Waals surface area contributed by atoms with Crippen LogP contribution in [-0.2, 0) is 12.0 Å². The van der Waals surface area contributed by atoms with Gasteiger partial charge in [-0.1, -0.05) is 63.2 Å². The highest BCUT2D eigenvalue weighted by atomic mass is 32.1. The summed E-state index contributed by atoms with van der Waals surface area (Å²) in [6.45, 7) is 11.6. The molecule has 36 heavy (non-hydrogen) atoms. The molecule has 0 saturated carbocycles. The van der Waals surface area contributed by atoms with Crippen LogP contribution < -0.4 is 4.90 Å². The molecule has 3 aromatic carbocycles. The van der Waals surface area contributed by atoms with E-state index in [9.17, 15) is 0 Å². The first-order chi connectivity index (χ1) is 17.4. The Kier molecular flexibility index (Phi) is 5.94. The number of para-hydroxylation sites is 2. The molecule has 0 aliphatic carbocycles. The molecule has 5 aromatic rings. The zero-order chi connectivity index (χ0) is 24.7. The molecule has 182 valence electrons. The fourth-order valence-electron chi connectivity index (χ4n) is 4.87. The van der Waals surface area contributed by atoms with E-state index in [4.69, 9.17) is 9.97 Å². The lowest BCUT2D eigenvalue weighted by atomic mass is 9.87. The first-order valence-electron chi connectivity index (χ1n) is 12.6.